The van der Waals surface area contributed by atoms with Gasteiger partial charge >= 0.3 is 0 Å². The minimum atomic E-state index is 0.0566. The van der Waals surface area contributed by atoms with E-state index in [1.54, 1.807) is 6.92 Å². The normalized spacial score (nSPS) is 10.5. The molecule has 0 atom stereocenters. The van der Waals surface area contributed by atoms with Crippen LogP contribution in [0.15, 0.2) is 24.3 Å². The maximum atomic E-state index is 11.5. The molecule has 0 amide bonds. The molecule has 4 nitrogen and oxygen atoms in total. The first-order valence-electron chi connectivity index (χ1n) is 9.46. The van der Waals surface area contributed by atoms with Crippen LogP contribution in [0.1, 0.15) is 64.7 Å². The lowest BCUT2D eigenvalue weighted by Crippen LogP contribution is -2.08. The van der Waals surface area contributed by atoms with Gasteiger partial charge in [0.1, 0.15) is 17.3 Å². The fourth-order valence-electron chi connectivity index (χ4n) is 2.61. The first-order valence-corrected chi connectivity index (χ1v) is 9.46. The zero-order valence-corrected chi connectivity index (χ0v) is 16.1. The van der Waals surface area contributed by atoms with E-state index >= 15 is 0 Å². The van der Waals surface area contributed by atoms with Gasteiger partial charge in [-0.05, 0) is 25.0 Å². The average Bonchev–Trinajstić information content (AvgIpc) is 2.60. The number of carbonyl (C=O) groups is 2. The molecule has 140 valence electrons. The smallest absolute Gasteiger partial charge is 0.140 e. The Bertz CT molecular complexity index is 526. The highest BCUT2D eigenvalue weighted by Crippen LogP contribution is 2.19. The van der Waals surface area contributed by atoms with Crippen molar-refractivity contribution in [1.29, 1.82) is 0 Å². The van der Waals surface area contributed by atoms with Gasteiger partial charge in [0.25, 0.3) is 0 Å². The Morgan fingerprint density at radius 3 is 2.32 bits per heavy atom. The van der Waals surface area contributed by atoms with Gasteiger partial charge in [-0.25, -0.2) is 0 Å². The zero-order valence-electron chi connectivity index (χ0n) is 16.1. The van der Waals surface area contributed by atoms with Gasteiger partial charge in [-0.15, -0.1) is 0 Å². The van der Waals surface area contributed by atoms with Crippen molar-refractivity contribution in [2.45, 2.75) is 64.7 Å². The van der Waals surface area contributed by atoms with Gasteiger partial charge < -0.3 is 9.64 Å². The summed E-state index contributed by atoms with van der Waals surface area (Å²) >= 11 is 0. The number of anilines is 1. The van der Waals surface area contributed by atoms with E-state index in [1.165, 1.54) is 6.42 Å². The Hall–Kier alpha value is -1.84. The van der Waals surface area contributed by atoms with E-state index in [0.29, 0.717) is 12.8 Å². The number of nitrogens with zero attached hydrogens (tertiary/aromatic N) is 1. The number of benzene rings is 1. The van der Waals surface area contributed by atoms with Crippen molar-refractivity contribution in [3.8, 4) is 5.75 Å². The van der Waals surface area contributed by atoms with Gasteiger partial charge in [-0.3, -0.25) is 9.59 Å². The molecule has 1 aromatic rings. The summed E-state index contributed by atoms with van der Waals surface area (Å²) in [7, 11) is 4.04. The lowest BCUT2D eigenvalue weighted by molar-refractivity contribution is -0.126. The largest absolute Gasteiger partial charge is 0.494 e. The minimum absolute atomic E-state index is 0.0566. The van der Waals surface area contributed by atoms with Crippen LogP contribution in [0.3, 0.4) is 0 Å². The maximum Gasteiger partial charge on any atom is 0.140 e. The summed E-state index contributed by atoms with van der Waals surface area (Å²) in [5.41, 5.74) is 1.15. The molecule has 0 fully saturated rings. The number of rotatable bonds is 14. The van der Waals surface area contributed by atoms with E-state index in [-0.39, 0.29) is 18.0 Å². The molecule has 0 saturated heterocycles. The maximum absolute atomic E-state index is 11.5. The van der Waals surface area contributed by atoms with Gasteiger partial charge in [-0.2, -0.15) is 0 Å². The van der Waals surface area contributed by atoms with Crippen molar-refractivity contribution >= 4 is 17.3 Å². The van der Waals surface area contributed by atoms with Crippen LogP contribution in [-0.4, -0.2) is 32.3 Å². The van der Waals surface area contributed by atoms with Crippen LogP contribution in [0.2, 0.25) is 0 Å². The fourth-order valence-corrected chi connectivity index (χ4v) is 2.61. The molecule has 0 N–H and O–H groups in total. The quantitative estimate of drug-likeness (QED) is 0.358. The average molecular weight is 347 g/mol. The number of ketones is 2. The molecular formula is C21H33NO3. The van der Waals surface area contributed by atoms with Crippen LogP contribution in [0.4, 0.5) is 5.69 Å². The van der Waals surface area contributed by atoms with E-state index in [4.69, 9.17) is 4.74 Å². The fraction of sp³-hybridized carbons (Fsp3) is 0.619. The van der Waals surface area contributed by atoms with E-state index in [2.05, 4.69) is 17.0 Å². The monoisotopic (exact) mass is 347 g/mol. The first-order chi connectivity index (χ1) is 12.0. The van der Waals surface area contributed by atoms with Gasteiger partial charge in [0.05, 0.1) is 13.0 Å². The van der Waals surface area contributed by atoms with Gasteiger partial charge in [0.15, 0.2) is 0 Å². The van der Waals surface area contributed by atoms with Gasteiger partial charge in [0, 0.05) is 38.7 Å². The molecule has 0 saturated carbocycles. The highest BCUT2D eigenvalue weighted by molar-refractivity contribution is 5.98. The van der Waals surface area contributed by atoms with Crippen LogP contribution >= 0.6 is 0 Å². The van der Waals surface area contributed by atoms with Crippen molar-refractivity contribution < 1.29 is 14.3 Å². The Kier molecular flexibility index (Phi) is 10.6. The van der Waals surface area contributed by atoms with Crippen molar-refractivity contribution in [2.75, 3.05) is 25.6 Å². The summed E-state index contributed by atoms with van der Waals surface area (Å²) in [6.45, 7) is 2.55. The zero-order chi connectivity index (χ0) is 18.5. The Morgan fingerprint density at radius 1 is 0.960 bits per heavy atom. The molecule has 0 aliphatic carbocycles. The first kappa shape index (κ1) is 21.2. The van der Waals surface area contributed by atoms with E-state index in [9.17, 15) is 9.59 Å². The third kappa shape index (κ3) is 9.90. The molecule has 0 bridgehead atoms. The molecule has 0 aliphatic rings. The number of ether oxygens (including phenoxy) is 1. The topological polar surface area (TPSA) is 46.6 Å². The van der Waals surface area contributed by atoms with Crippen molar-refractivity contribution in [2.24, 2.45) is 0 Å². The molecule has 0 aliphatic heterocycles. The van der Waals surface area contributed by atoms with Crippen LogP contribution in [0.25, 0.3) is 0 Å². The van der Waals surface area contributed by atoms with Gasteiger partial charge in [-0.1, -0.05) is 38.7 Å². The summed E-state index contributed by atoms with van der Waals surface area (Å²) in [4.78, 5) is 24.8. The number of Topliss-reactive ketones (excluding diaryl/α,β-unsaturated/α-hetero) is 2. The highest BCUT2D eigenvalue weighted by atomic mass is 16.5. The van der Waals surface area contributed by atoms with Crippen LogP contribution < -0.4 is 9.64 Å². The lowest BCUT2D eigenvalue weighted by atomic mass is 10.0. The second-order valence-electron chi connectivity index (χ2n) is 6.72. The molecule has 0 radical (unpaired) electrons. The third-order valence-electron chi connectivity index (χ3n) is 4.24. The molecule has 1 rings (SSSR count). The third-order valence-corrected chi connectivity index (χ3v) is 4.24. The van der Waals surface area contributed by atoms with Crippen molar-refractivity contribution in [3.63, 3.8) is 0 Å². The summed E-state index contributed by atoms with van der Waals surface area (Å²) < 4.78 is 5.80. The predicted molar refractivity (Wildman–Crippen MR) is 104 cm³/mol. The molecule has 0 aromatic heterocycles. The summed E-state index contributed by atoms with van der Waals surface area (Å²) in [5.74, 6) is 1.08. The number of unbranched alkanes of at least 4 members (excludes halogenated alkanes) is 5. The molecule has 0 unspecified atom stereocenters. The Morgan fingerprint density at radius 2 is 1.64 bits per heavy atom. The molecule has 1 aromatic carbocycles. The molecule has 0 heterocycles. The molecule has 4 heteroatoms. The Labute approximate surface area is 152 Å². The van der Waals surface area contributed by atoms with E-state index < -0.39 is 0 Å². The Balaban J connectivity index is 1.99. The van der Waals surface area contributed by atoms with Crippen LogP contribution in [-0.2, 0) is 9.59 Å². The van der Waals surface area contributed by atoms with Crippen molar-refractivity contribution in [1.82, 2.24) is 0 Å². The lowest BCUT2D eigenvalue weighted by Gasteiger charge is -2.14. The number of carbonyl (C=O) groups excluding carboxylic acids is 2. The summed E-state index contributed by atoms with van der Waals surface area (Å²) in [6.07, 6.45) is 7.63. The summed E-state index contributed by atoms with van der Waals surface area (Å²) in [6, 6.07) is 8.13. The SMILES string of the molecule is CCC(=O)CC(=O)CCCCCCCCOc1cccc(N(C)C)c1. The van der Waals surface area contributed by atoms with Gasteiger partial charge in [0.2, 0.25) is 0 Å². The number of hydrogen-bond donors (Lipinski definition) is 0. The number of hydrogen-bond acceptors (Lipinski definition) is 4. The van der Waals surface area contributed by atoms with Crippen molar-refractivity contribution in [3.05, 3.63) is 24.3 Å². The van der Waals surface area contributed by atoms with Crippen LogP contribution in [0.5, 0.6) is 5.75 Å². The second kappa shape index (κ2) is 12.5. The summed E-state index contributed by atoms with van der Waals surface area (Å²) in [5, 5.41) is 0. The standard InChI is InChI=1S/C21H33NO3/c1-4-19(23)17-20(24)13-9-7-5-6-8-10-15-25-21-14-11-12-18(16-21)22(2)3/h11-12,14,16H,4-10,13,15,17H2,1-3H3. The van der Waals surface area contributed by atoms with E-state index in [0.717, 1.165) is 50.1 Å². The van der Waals surface area contributed by atoms with E-state index in [1.807, 2.05) is 26.2 Å². The molecular weight excluding hydrogens is 314 g/mol. The molecule has 25 heavy (non-hydrogen) atoms. The molecule has 0 spiro atoms. The minimum Gasteiger partial charge on any atom is -0.494 e. The highest BCUT2D eigenvalue weighted by Gasteiger charge is 2.07. The predicted octanol–water partition coefficient (Wildman–Crippen LogP) is 4.80. The van der Waals surface area contributed by atoms with Crippen LogP contribution in [0, 0.1) is 0 Å². The second-order valence-corrected chi connectivity index (χ2v) is 6.72.